The van der Waals surface area contributed by atoms with Crippen molar-refractivity contribution in [2.75, 3.05) is 0 Å². The Hall–Kier alpha value is -1.90. The normalized spacial score (nSPS) is 11.0. The van der Waals surface area contributed by atoms with E-state index in [0.717, 1.165) is 5.56 Å². The second kappa shape index (κ2) is 6.54. The van der Waals surface area contributed by atoms with Crippen LogP contribution in [-0.4, -0.2) is 12.3 Å². The molecule has 1 amide bonds. The molecular weight excluding hydrogens is 190 g/mol. The summed E-state index contributed by atoms with van der Waals surface area (Å²) in [5.41, 5.74) is 0.951. The minimum Gasteiger partial charge on any atom is -0.443 e. The molecule has 0 fully saturated rings. The van der Waals surface area contributed by atoms with Crippen molar-refractivity contribution in [3.05, 3.63) is 48.0 Å². The average Bonchev–Trinajstić information content (AvgIpc) is 2.28. The van der Waals surface area contributed by atoms with Crippen molar-refractivity contribution in [3.63, 3.8) is 0 Å². The van der Waals surface area contributed by atoms with Crippen molar-refractivity contribution in [1.82, 2.24) is 0 Å². The molecule has 1 aromatic carbocycles. The lowest BCUT2D eigenvalue weighted by molar-refractivity contribution is 0.151. The van der Waals surface area contributed by atoms with E-state index in [9.17, 15) is 4.79 Å². The van der Waals surface area contributed by atoms with E-state index in [1.807, 2.05) is 37.3 Å². The number of hydrogen-bond acceptors (Lipinski definition) is 2. The molecule has 0 radical (unpaired) electrons. The van der Waals surface area contributed by atoms with Crippen molar-refractivity contribution in [2.24, 2.45) is 4.99 Å². The molecule has 15 heavy (non-hydrogen) atoms. The minimum absolute atomic E-state index is 0.257. The number of ether oxygens (including phenoxy) is 1. The fourth-order valence-corrected chi connectivity index (χ4v) is 0.947. The van der Waals surface area contributed by atoms with Gasteiger partial charge in [0.15, 0.2) is 0 Å². The molecule has 0 aromatic heterocycles. The Morgan fingerprint density at radius 1 is 1.40 bits per heavy atom. The molecule has 0 heterocycles. The van der Waals surface area contributed by atoms with Gasteiger partial charge >= 0.3 is 6.09 Å². The zero-order chi connectivity index (χ0) is 10.9. The highest BCUT2D eigenvalue weighted by Gasteiger charge is 1.97. The van der Waals surface area contributed by atoms with E-state index in [-0.39, 0.29) is 6.61 Å². The molecule has 0 aliphatic heterocycles. The van der Waals surface area contributed by atoms with Crippen LogP contribution in [0.4, 0.5) is 4.79 Å². The molecule has 0 bridgehead atoms. The van der Waals surface area contributed by atoms with Crippen LogP contribution in [0.5, 0.6) is 0 Å². The standard InChI is InChI=1S/C12H13NO2/c1-2-3-9-13-12(14)15-10-11-7-5-4-6-8-11/h2-9H,10H2,1H3/b3-2-,13-9?. The summed E-state index contributed by atoms with van der Waals surface area (Å²) in [7, 11) is 0. The first-order chi connectivity index (χ1) is 7.33. The molecule has 1 aromatic rings. The van der Waals surface area contributed by atoms with E-state index in [0.29, 0.717) is 0 Å². The van der Waals surface area contributed by atoms with Crippen molar-refractivity contribution in [3.8, 4) is 0 Å². The number of aliphatic imine (C=N–C) groups is 1. The van der Waals surface area contributed by atoms with Crippen molar-refractivity contribution in [1.29, 1.82) is 0 Å². The van der Waals surface area contributed by atoms with Crippen molar-refractivity contribution in [2.45, 2.75) is 13.5 Å². The fourth-order valence-electron chi connectivity index (χ4n) is 0.947. The number of carbonyl (C=O) groups is 1. The first-order valence-electron chi connectivity index (χ1n) is 4.69. The molecule has 0 spiro atoms. The van der Waals surface area contributed by atoms with Gasteiger partial charge in [-0.1, -0.05) is 36.4 Å². The Kier molecular flexibility index (Phi) is 4.87. The van der Waals surface area contributed by atoms with Crippen LogP contribution in [0.25, 0.3) is 0 Å². The maximum absolute atomic E-state index is 11.0. The highest BCUT2D eigenvalue weighted by atomic mass is 16.5. The van der Waals surface area contributed by atoms with Gasteiger partial charge in [0, 0.05) is 6.21 Å². The van der Waals surface area contributed by atoms with Crippen molar-refractivity contribution >= 4 is 12.3 Å². The minimum atomic E-state index is -0.572. The summed E-state index contributed by atoms with van der Waals surface area (Å²) in [6, 6.07) is 9.49. The summed E-state index contributed by atoms with van der Waals surface area (Å²) in [6.45, 7) is 2.11. The molecule has 0 aliphatic carbocycles. The van der Waals surface area contributed by atoms with Crippen LogP contribution in [-0.2, 0) is 11.3 Å². The van der Waals surface area contributed by atoms with Gasteiger partial charge in [0.25, 0.3) is 0 Å². The molecule has 3 nitrogen and oxygen atoms in total. The van der Waals surface area contributed by atoms with E-state index in [4.69, 9.17) is 4.74 Å². The summed E-state index contributed by atoms with van der Waals surface area (Å²) in [4.78, 5) is 14.6. The molecule has 0 aliphatic rings. The second-order valence-corrected chi connectivity index (χ2v) is 2.84. The van der Waals surface area contributed by atoms with Crippen LogP contribution in [0.15, 0.2) is 47.5 Å². The van der Waals surface area contributed by atoms with Gasteiger partial charge in [-0.25, -0.2) is 4.79 Å². The number of nitrogens with zero attached hydrogens (tertiary/aromatic N) is 1. The number of rotatable bonds is 3. The number of benzene rings is 1. The Labute approximate surface area is 89.1 Å². The quantitative estimate of drug-likeness (QED) is 0.708. The lowest BCUT2D eigenvalue weighted by Gasteiger charge is -2.00. The van der Waals surface area contributed by atoms with Gasteiger partial charge in [0.1, 0.15) is 6.61 Å². The van der Waals surface area contributed by atoms with Gasteiger partial charge in [-0.05, 0) is 18.6 Å². The highest BCUT2D eigenvalue weighted by Crippen LogP contribution is 2.01. The van der Waals surface area contributed by atoms with E-state index in [2.05, 4.69) is 4.99 Å². The Balaban J connectivity index is 2.35. The average molecular weight is 203 g/mol. The Morgan fingerprint density at radius 3 is 2.80 bits per heavy atom. The number of allylic oxidation sites excluding steroid dienone is 2. The summed E-state index contributed by atoms with van der Waals surface area (Å²) in [5, 5.41) is 0. The highest BCUT2D eigenvalue weighted by molar-refractivity contribution is 5.84. The van der Waals surface area contributed by atoms with Gasteiger partial charge in [-0.15, -0.1) is 0 Å². The van der Waals surface area contributed by atoms with Gasteiger partial charge in [0.05, 0.1) is 0 Å². The SMILES string of the molecule is C/C=C\C=NC(=O)OCc1ccccc1. The van der Waals surface area contributed by atoms with Gasteiger partial charge in [0.2, 0.25) is 0 Å². The van der Waals surface area contributed by atoms with Gasteiger partial charge in [-0.3, -0.25) is 0 Å². The third-order valence-electron chi connectivity index (χ3n) is 1.66. The van der Waals surface area contributed by atoms with Gasteiger partial charge in [-0.2, -0.15) is 4.99 Å². The zero-order valence-corrected chi connectivity index (χ0v) is 8.59. The second-order valence-electron chi connectivity index (χ2n) is 2.84. The molecule has 0 atom stereocenters. The van der Waals surface area contributed by atoms with Crippen LogP contribution in [0, 0.1) is 0 Å². The topological polar surface area (TPSA) is 38.7 Å². The monoisotopic (exact) mass is 203 g/mol. The van der Waals surface area contributed by atoms with E-state index < -0.39 is 6.09 Å². The predicted octanol–water partition coefficient (Wildman–Crippen LogP) is 2.97. The molecular formula is C12H13NO2. The summed E-state index contributed by atoms with van der Waals surface area (Å²) in [6.07, 6.45) is 4.29. The summed E-state index contributed by atoms with van der Waals surface area (Å²) < 4.78 is 4.90. The van der Waals surface area contributed by atoms with Gasteiger partial charge < -0.3 is 4.74 Å². The maximum atomic E-state index is 11.0. The largest absolute Gasteiger partial charge is 0.443 e. The van der Waals surface area contributed by atoms with E-state index in [1.54, 1.807) is 12.2 Å². The van der Waals surface area contributed by atoms with E-state index >= 15 is 0 Å². The lowest BCUT2D eigenvalue weighted by atomic mass is 10.2. The molecule has 0 N–H and O–H groups in total. The summed E-state index contributed by atoms with van der Waals surface area (Å²) >= 11 is 0. The first kappa shape index (κ1) is 11.2. The van der Waals surface area contributed by atoms with Crippen LogP contribution < -0.4 is 0 Å². The van der Waals surface area contributed by atoms with Crippen molar-refractivity contribution < 1.29 is 9.53 Å². The maximum Gasteiger partial charge on any atom is 0.433 e. The number of hydrogen-bond donors (Lipinski definition) is 0. The third kappa shape index (κ3) is 4.76. The Bertz CT molecular complexity index is 355. The lowest BCUT2D eigenvalue weighted by Crippen LogP contribution is -1.98. The van der Waals surface area contributed by atoms with Crippen LogP contribution in [0.3, 0.4) is 0 Å². The summed E-state index contributed by atoms with van der Waals surface area (Å²) in [5.74, 6) is 0. The number of carbonyl (C=O) groups excluding carboxylic acids is 1. The molecule has 0 saturated carbocycles. The predicted molar refractivity (Wildman–Crippen MR) is 59.9 cm³/mol. The van der Waals surface area contributed by atoms with E-state index in [1.165, 1.54) is 6.21 Å². The molecule has 0 saturated heterocycles. The first-order valence-corrected chi connectivity index (χ1v) is 4.69. The molecule has 0 unspecified atom stereocenters. The molecule has 78 valence electrons. The smallest absolute Gasteiger partial charge is 0.433 e. The fraction of sp³-hybridized carbons (Fsp3) is 0.167. The van der Waals surface area contributed by atoms with Crippen LogP contribution >= 0.6 is 0 Å². The molecule has 3 heteroatoms. The van der Waals surface area contributed by atoms with Crippen LogP contribution in [0.2, 0.25) is 0 Å². The zero-order valence-electron chi connectivity index (χ0n) is 8.59. The third-order valence-corrected chi connectivity index (χ3v) is 1.66. The van der Waals surface area contributed by atoms with Crippen LogP contribution in [0.1, 0.15) is 12.5 Å². The Morgan fingerprint density at radius 2 is 2.13 bits per heavy atom. The molecule has 1 rings (SSSR count). The number of amides is 1.